The highest BCUT2D eigenvalue weighted by atomic mass is 32.2. The number of benzene rings is 3. The van der Waals surface area contributed by atoms with E-state index >= 15 is 0 Å². The van der Waals surface area contributed by atoms with E-state index in [1.54, 1.807) is 30.3 Å². The van der Waals surface area contributed by atoms with Gasteiger partial charge in [-0.15, -0.1) is 11.8 Å². The Morgan fingerprint density at radius 3 is 2.32 bits per heavy atom. The average Bonchev–Trinajstić information content (AvgIpc) is 2.75. The van der Waals surface area contributed by atoms with Crippen molar-refractivity contribution in [3.05, 3.63) is 89.7 Å². The summed E-state index contributed by atoms with van der Waals surface area (Å²) in [5.74, 6) is -1.03. The van der Waals surface area contributed by atoms with Crippen LogP contribution in [-0.4, -0.2) is 31.4 Å². The highest BCUT2D eigenvalue weighted by molar-refractivity contribution is 7.98. The van der Waals surface area contributed by atoms with Gasteiger partial charge in [0.15, 0.2) is 0 Å². The zero-order valence-corrected chi connectivity index (χ0v) is 18.8. The summed E-state index contributed by atoms with van der Waals surface area (Å²) < 4.78 is 41.8. The molecule has 0 atom stereocenters. The van der Waals surface area contributed by atoms with E-state index in [0.717, 1.165) is 14.8 Å². The summed E-state index contributed by atoms with van der Waals surface area (Å²) >= 11 is 1.47. The molecule has 0 bridgehead atoms. The highest BCUT2D eigenvalue weighted by Gasteiger charge is 2.28. The van der Waals surface area contributed by atoms with Crippen molar-refractivity contribution in [2.45, 2.75) is 23.3 Å². The molecule has 5 nitrogen and oxygen atoms in total. The molecule has 162 valence electrons. The third kappa shape index (κ3) is 5.72. The highest BCUT2D eigenvalue weighted by Crippen LogP contribution is 2.25. The van der Waals surface area contributed by atoms with Gasteiger partial charge in [-0.05, 0) is 43.5 Å². The van der Waals surface area contributed by atoms with Crippen LogP contribution >= 0.6 is 11.8 Å². The first-order valence-corrected chi connectivity index (χ1v) is 12.2. The van der Waals surface area contributed by atoms with Crippen LogP contribution in [0.5, 0.6) is 0 Å². The first kappa shape index (κ1) is 23.0. The number of carbonyl (C=O) groups is 1. The van der Waals surface area contributed by atoms with Gasteiger partial charge in [0.25, 0.3) is 0 Å². The summed E-state index contributed by atoms with van der Waals surface area (Å²) in [7, 11) is -4.04. The lowest BCUT2D eigenvalue weighted by Gasteiger charge is -2.22. The average molecular weight is 459 g/mol. The minimum absolute atomic E-state index is 0.0479. The molecule has 8 heteroatoms. The van der Waals surface area contributed by atoms with Crippen molar-refractivity contribution in [3.63, 3.8) is 0 Å². The van der Waals surface area contributed by atoms with Crippen LogP contribution in [0.4, 0.5) is 10.1 Å². The Kier molecular flexibility index (Phi) is 7.48. The second-order valence-electron chi connectivity index (χ2n) is 6.93. The fraction of sp³-hybridized carbons (Fsp3) is 0.174. The van der Waals surface area contributed by atoms with Crippen LogP contribution in [0.15, 0.2) is 82.6 Å². The Bertz CT molecular complexity index is 1170. The topological polar surface area (TPSA) is 66.5 Å². The molecule has 3 rings (SSSR count). The van der Waals surface area contributed by atoms with Crippen LogP contribution in [0.3, 0.4) is 0 Å². The van der Waals surface area contributed by atoms with Crippen LogP contribution in [0, 0.1) is 12.7 Å². The zero-order valence-electron chi connectivity index (χ0n) is 17.2. The maximum Gasteiger partial charge on any atom is 0.243 e. The Morgan fingerprint density at radius 1 is 1.00 bits per heavy atom. The molecular weight excluding hydrogens is 435 g/mol. The lowest BCUT2D eigenvalue weighted by Crippen LogP contribution is -2.37. The molecule has 0 heterocycles. The Labute approximate surface area is 186 Å². The second-order valence-corrected chi connectivity index (χ2v) is 9.71. The number of thioether (sulfide) groups is 1. The maximum absolute atomic E-state index is 14.3. The largest absolute Gasteiger partial charge is 0.324 e. The molecule has 0 unspecified atom stereocenters. The van der Waals surface area contributed by atoms with Gasteiger partial charge in [-0.2, -0.15) is 4.31 Å². The van der Waals surface area contributed by atoms with Gasteiger partial charge in [0.05, 0.1) is 17.1 Å². The number of hydrogen-bond donors (Lipinski definition) is 1. The minimum atomic E-state index is -4.04. The predicted molar refractivity (Wildman–Crippen MR) is 122 cm³/mol. The van der Waals surface area contributed by atoms with Crippen LogP contribution in [-0.2, 0) is 21.4 Å². The van der Waals surface area contributed by atoms with Gasteiger partial charge in [0.1, 0.15) is 5.82 Å². The number of aryl methyl sites for hydroxylation is 1. The number of hydrogen-bond acceptors (Lipinski definition) is 4. The summed E-state index contributed by atoms with van der Waals surface area (Å²) in [4.78, 5) is 13.7. The van der Waals surface area contributed by atoms with E-state index < -0.39 is 28.3 Å². The molecule has 0 saturated heterocycles. The molecule has 0 radical (unpaired) electrons. The minimum Gasteiger partial charge on any atom is -0.324 e. The lowest BCUT2D eigenvalue weighted by atomic mass is 10.2. The van der Waals surface area contributed by atoms with Crippen molar-refractivity contribution in [3.8, 4) is 0 Å². The number of sulfonamides is 1. The third-order valence-corrected chi connectivity index (χ3v) is 7.27. The monoisotopic (exact) mass is 458 g/mol. The first-order chi connectivity index (χ1) is 14.8. The first-order valence-electron chi connectivity index (χ1n) is 9.54. The van der Waals surface area contributed by atoms with E-state index in [2.05, 4.69) is 5.32 Å². The predicted octanol–water partition coefficient (Wildman–Crippen LogP) is 4.69. The fourth-order valence-corrected chi connectivity index (χ4v) is 4.93. The van der Waals surface area contributed by atoms with Crippen molar-refractivity contribution in [1.29, 1.82) is 0 Å². The maximum atomic E-state index is 14.3. The number of rotatable bonds is 8. The summed E-state index contributed by atoms with van der Waals surface area (Å²) in [6.07, 6.45) is 1.89. The smallest absolute Gasteiger partial charge is 0.243 e. The van der Waals surface area contributed by atoms with Crippen LogP contribution in [0.1, 0.15) is 11.1 Å². The third-order valence-electron chi connectivity index (χ3n) is 4.66. The molecule has 0 saturated carbocycles. The van der Waals surface area contributed by atoms with Crippen molar-refractivity contribution >= 4 is 33.4 Å². The molecule has 0 aliphatic carbocycles. The van der Waals surface area contributed by atoms with Gasteiger partial charge in [0, 0.05) is 17.0 Å². The van der Waals surface area contributed by atoms with Crippen LogP contribution < -0.4 is 5.32 Å². The van der Waals surface area contributed by atoms with Gasteiger partial charge < -0.3 is 5.32 Å². The molecule has 3 aromatic carbocycles. The second kappa shape index (κ2) is 10.1. The number of carbonyl (C=O) groups excluding carboxylic acids is 1. The standard InChI is InChI=1S/C23H23FN2O3S2/c1-17-11-13-19(14-12-17)31(28,29)26(15-18-7-3-4-8-20(18)24)16-23(27)25-21-9-5-6-10-22(21)30-2/h3-14H,15-16H2,1-2H3,(H,25,27). The van der Waals surface area contributed by atoms with Gasteiger partial charge in [0.2, 0.25) is 15.9 Å². The Balaban J connectivity index is 1.91. The van der Waals surface area contributed by atoms with Crippen LogP contribution in [0.25, 0.3) is 0 Å². The molecular formula is C23H23FN2O3S2. The van der Waals surface area contributed by atoms with Crippen molar-refractivity contribution in [1.82, 2.24) is 4.31 Å². The lowest BCUT2D eigenvalue weighted by molar-refractivity contribution is -0.116. The molecule has 3 aromatic rings. The normalized spacial score (nSPS) is 11.5. The summed E-state index contributed by atoms with van der Waals surface area (Å²) in [6.45, 7) is 1.14. The van der Waals surface area contributed by atoms with Crippen molar-refractivity contribution in [2.75, 3.05) is 18.1 Å². The van der Waals surface area contributed by atoms with Gasteiger partial charge in [-0.3, -0.25) is 4.79 Å². The molecule has 0 fully saturated rings. The van der Waals surface area contributed by atoms with E-state index in [1.807, 2.05) is 25.3 Å². The van der Waals surface area contributed by atoms with E-state index in [4.69, 9.17) is 0 Å². The number of amides is 1. The molecule has 0 aromatic heterocycles. The molecule has 0 spiro atoms. The van der Waals surface area contributed by atoms with E-state index in [9.17, 15) is 17.6 Å². The molecule has 1 amide bonds. The van der Waals surface area contributed by atoms with E-state index in [-0.39, 0.29) is 17.0 Å². The van der Waals surface area contributed by atoms with Gasteiger partial charge in [-0.1, -0.05) is 48.0 Å². The number of nitrogens with one attached hydrogen (secondary N) is 1. The van der Waals surface area contributed by atoms with E-state index in [0.29, 0.717) is 5.69 Å². The van der Waals surface area contributed by atoms with Crippen molar-refractivity contribution < 1.29 is 17.6 Å². The fourth-order valence-electron chi connectivity index (χ4n) is 3.00. The van der Waals surface area contributed by atoms with Gasteiger partial charge in [-0.25, -0.2) is 12.8 Å². The number of para-hydroxylation sites is 1. The molecule has 0 aliphatic heterocycles. The quantitative estimate of drug-likeness (QED) is 0.498. The SMILES string of the molecule is CSc1ccccc1NC(=O)CN(Cc1ccccc1F)S(=O)(=O)c1ccc(C)cc1. The summed E-state index contributed by atoms with van der Waals surface area (Å²) in [5.41, 5.74) is 1.69. The number of nitrogens with zero attached hydrogens (tertiary/aromatic N) is 1. The van der Waals surface area contributed by atoms with Crippen molar-refractivity contribution in [2.24, 2.45) is 0 Å². The summed E-state index contributed by atoms with van der Waals surface area (Å²) in [6, 6.07) is 19.5. The molecule has 0 aliphatic rings. The van der Waals surface area contributed by atoms with Gasteiger partial charge >= 0.3 is 0 Å². The number of anilines is 1. The summed E-state index contributed by atoms with van der Waals surface area (Å²) in [5, 5.41) is 2.77. The Morgan fingerprint density at radius 2 is 1.65 bits per heavy atom. The van der Waals surface area contributed by atoms with E-state index in [1.165, 1.54) is 42.1 Å². The number of halogens is 1. The zero-order chi connectivity index (χ0) is 22.4. The van der Waals surface area contributed by atoms with Crippen LogP contribution in [0.2, 0.25) is 0 Å². The molecule has 1 N–H and O–H groups in total. The molecule has 31 heavy (non-hydrogen) atoms. The Hall–Kier alpha value is -2.68.